The Morgan fingerprint density at radius 1 is 1.06 bits per heavy atom. The molecule has 0 saturated carbocycles. The Balaban J connectivity index is 1.80. The molecule has 0 aliphatic carbocycles. The highest BCUT2D eigenvalue weighted by Crippen LogP contribution is 2.44. The Bertz CT molecular complexity index is 1190. The molecule has 1 amide bonds. The normalized spacial score (nSPS) is 15.9. The van der Waals surface area contributed by atoms with Crippen LogP contribution < -0.4 is 9.64 Å². The van der Waals surface area contributed by atoms with Crippen molar-refractivity contribution in [1.29, 1.82) is 0 Å². The molecule has 1 aromatic heterocycles. The van der Waals surface area contributed by atoms with Gasteiger partial charge in [0.2, 0.25) is 0 Å². The summed E-state index contributed by atoms with van der Waals surface area (Å²) in [6.07, 6.45) is 3.23. The van der Waals surface area contributed by atoms with E-state index >= 15 is 0 Å². The summed E-state index contributed by atoms with van der Waals surface area (Å²) < 4.78 is 16.2. The SMILES string of the molecule is COCCOc1ccccc1[C@H]1C(C(=O)C(C)C)=C(O)C(=O)N1c1ccc(-c2ccoc2)cc1. The van der Waals surface area contributed by atoms with Crippen LogP contribution in [0, 0.1) is 5.92 Å². The van der Waals surface area contributed by atoms with Crippen molar-refractivity contribution in [2.75, 3.05) is 25.2 Å². The number of ether oxygens (including phenoxy) is 2. The molecule has 0 fully saturated rings. The van der Waals surface area contributed by atoms with Gasteiger partial charge in [-0.2, -0.15) is 0 Å². The Morgan fingerprint density at radius 2 is 1.79 bits per heavy atom. The summed E-state index contributed by atoms with van der Waals surface area (Å²) in [4.78, 5) is 27.9. The van der Waals surface area contributed by atoms with Gasteiger partial charge in [-0.15, -0.1) is 0 Å². The lowest BCUT2D eigenvalue weighted by molar-refractivity contribution is -0.119. The van der Waals surface area contributed by atoms with Crippen LogP contribution in [0.5, 0.6) is 5.75 Å². The Kier molecular flexibility index (Phi) is 6.84. The van der Waals surface area contributed by atoms with Crippen molar-refractivity contribution >= 4 is 17.4 Å². The molecule has 0 saturated heterocycles. The quantitative estimate of drug-likeness (QED) is 0.446. The predicted octanol–water partition coefficient (Wildman–Crippen LogP) is 5.10. The van der Waals surface area contributed by atoms with Crippen LogP contribution in [0.2, 0.25) is 0 Å². The maximum Gasteiger partial charge on any atom is 0.294 e. The van der Waals surface area contributed by atoms with Gasteiger partial charge in [-0.05, 0) is 29.8 Å². The number of methoxy groups -OCH3 is 1. The number of nitrogens with zero attached hydrogens (tertiary/aromatic N) is 1. The fourth-order valence-corrected chi connectivity index (χ4v) is 4.04. The zero-order valence-corrected chi connectivity index (χ0v) is 19.4. The lowest BCUT2D eigenvalue weighted by Gasteiger charge is -2.28. The molecule has 176 valence electrons. The Labute approximate surface area is 198 Å². The maximum absolute atomic E-state index is 13.3. The molecule has 1 atom stereocenters. The van der Waals surface area contributed by atoms with Crippen molar-refractivity contribution in [3.8, 4) is 16.9 Å². The van der Waals surface area contributed by atoms with E-state index in [1.165, 1.54) is 4.90 Å². The van der Waals surface area contributed by atoms with Crippen LogP contribution in [0.15, 0.2) is 82.9 Å². The number of rotatable bonds is 9. The number of amides is 1. The second kappa shape index (κ2) is 9.97. The highest BCUT2D eigenvalue weighted by molar-refractivity contribution is 6.17. The number of benzene rings is 2. The second-order valence-corrected chi connectivity index (χ2v) is 8.30. The van der Waals surface area contributed by atoms with Crippen LogP contribution in [-0.4, -0.2) is 37.1 Å². The van der Waals surface area contributed by atoms with Gasteiger partial charge in [-0.1, -0.05) is 44.2 Å². The number of aliphatic hydroxyl groups is 1. The topological polar surface area (TPSA) is 89.2 Å². The molecular weight excluding hydrogens is 434 g/mol. The molecular formula is C27H27NO6. The standard InChI is InChI=1S/C27H27NO6/c1-17(2)25(29)23-24(21-6-4-5-7-22(21)34-15-14-32-3)28(27(31)26(23)30)20-10-8-18(9-11-20)19-12-13-33-16-19/h4-13,16-17,24,30H,14-15H2,1-3H3/t24-/m0/s1. The summed E-state index contributed by atoms with van der Waals surface area (Å²) in [5.74, 6) is -1.34. The number of carbonyl (C=O) groups excluding carboxylic acids is 2. The molecule has 0 spiro atoms. The fourth-order valence-electron chi connectivity index (χ4n) is 4.04. The largest absolute Gasteiger partial charge is 0.503 e. The van der Waals surface area contributed by atoms with Crippen LogP contribution in [-0.2, 0) is 14.3 Å². The zero-order chi connectivity index (χ0) is 24.2. The van der Waals surface area contributed by atoms with Crippen LogP contribution in [0.25, 0.3) is 11.1 Å². The lowest BCUT2D eigenvalue weighted by Crippen LogP contribution is -2.31. The molecule has 1 aliphatic rings. The summed E-state index contributed by atoms with van der Waals surface area (Å²) in [5.41, 5.74) is 3.05. The first-order valence-electron chi connectivity index (χ1n) is 11.1. The monoisotopic (exact) mass is 461 g/mol. The number of aliphatic hydroxyl groups excluding tert-OH is 1. The van der Waals surface area contributed by atoms with Gasteiger partial charge in [0.15, 0.2) is 11.5 Å². The van der Waals surface area contributed by atoms with Crippen LogP contribution in [0.1, 0.15) is 25.5 Å². The molecule has 1 N–H and O–H groups in total. The first kappa shape index (κ1) is 23.3. The van der Waals surface area contributed by atoms with Gasteiger partial charge in [-0.25, -0.2) is 0 Å². The number of ketones is 1. The van der Waals surface area contributed by atoms with Crippen molar-refractivity contribution in [3.63, 3.8) is 0 Å². The van der Waals surface area contributed by atoms with E-state index in [2.05, 4.69) is 0 Å². The smallest absolute Gasteiger partial charge is 0.294 e. The van der Waals surface area contributed by atoms with Crippen molar-refractivity contribution < 1.29 is 28.6 Å². The van der Waals surface area contributed by atoms with Crippen molar-refractivity contribution in [2.45, 2.75) is 19.9 Å². The summed E-state index contributed by atoms with van der Waals surface area (Å²) in [5, 5.41) is 10.8. The van der Waals surface area contributed by atoms with E-state index < -0.39 is 23.6 Å². The van der Waals surface area contributed by atoms with Crippen LogP contribution in [0.4, 0.5) is 5.69 Å². The third-order valence-corrected chi connectivity index (χ3v) is 5.76. The van der Waals surface area contributed by atoms with Gasteiger partial charge in [0.25, 0.3) is 5.91 Å². The number of hydrogen-bond donors (Lipinski definition) is 1. The van der Waals surface area contributed by atoms with Gasteiger partial charge in [0.1, 0.15) is 12.4 Å². The number of furan rings is 1. The fraction of sp³-hybridized carbons (Fsp3) is 0.259. The highest BCUT2D eigenvalue weighted by Gasteiger charge is 2.45. The van der Waals surface area contributed by atoms with E-state index in [4.69, 9.17) is 13.9 Å². The van der Waals surface area contributed by atoms with Crippen molar-refractivity contribution in [2.24, 2.45) is 5.92 Å². The molecule has 0 bridgehead atoms. The van der Waals surface area contributed by atoms with Crippen LogP contribution in [0.3, 0.4) is 0 Å². The van der Waals surface area contributed by atoms with Crippen molar-refractivity contribution in [3.05, 3.63) is 84.0 Å². The zero-order valence-electron chi connectivity index (χ0n) is 19.4. The number of anilines is 1. The lowest BCUT2D eigenvalue weighted by atomic mass is 9.90. The molecule has 1 aliphatic heterocycles. The number of Topliss-reactive ketones (excluding diaryl/α,β-unsaturated/α-hetero) is 1. The molecule has 7 heteroatoms. The summed E-state index contributed by atoms with van der Waals surface area (Å²) in [6.45, 7) is 4.17. The van der Waals surface area contributed by atoms with Gasteiger partial charge >= 0.3 is 0 Å². The predicted molar refractivity (Wildman–Crippen MR) is 128 cm³/mol. The van der Waals surface area contributed by atoms with Gasteiger partial charge in [0, 0.05) is 29.8 Å². The molecule has 4 rings (SSSR count). The third kappa shape index (κ3) is 4.34. The van der Waals surface area contributed by atoms with Crippen molar-refractivity contribution in [1.82, 2.24) is 0 Å². The van der Waals surface area contributed by atoms with E-state index in [9.17, 15) is 14.7 Å². The summed E-state index contributed by atoms with van der Waals surface area (Å²) >= 11 is 0. The minimum Gasteiger partial charge on any atom is -0.503 e. The maximum atomic E-state index is 13.3. The highest BCUT2D eigenvalue weighted by atomic mass is 16.5. The molecule has 34 heavy (non-hydrogen) atoms. The first-order chi connectivity index (χ1) is 16.4. The summed E-state index contributed by atoms with van der Waals surface area (Å²) in [6, 6.07) is 15.5. The second-order valence-electron chi connectivity index (χ2n) is 8.30. The summed E-state index contributed by atoms with van der Waals surface area (Å²) in [7, 11) is 1.58. The molecule has 2 aromatic carbocycles. The Hall–Kier alpha value is -3.84. The van der Waals surface area contributed by atoms with E-state index in [0.717, 1.165) is 11.1 Å². The molecule has 3 aromatic rings. The van der Waals surface area contributed by atoms with Crippen LogP contribution >= 0.6 is 0 Å². The third-order valence-electron chi connectivity index (χ3n) is 5.76. The Morgan fingerprint density at radius 3 is 2.44 bits per heavy atom. The minimum atomic E-state index is -0.832. The van der Waals surface area contributed by atoms with E-state index in [0.29, 0.717) is 30.2 Å². The molecule has 2 heterocycles. The van der Waals surface area contributed by atoms with Gasteiger partial charge in [-0.3, -0.25) is 14.5 Å². The van der Waals surface area contributed by atoms with E-state index in [1.54, 1.807) is 57.7 Å². The molecule has 0 unspecified atom stereocenters. The average Bonchev–Trinajstić information content (AvgIpc) is 3.47. The average molecular weight is 462 g/mol. The van der Waals surface area contributed by atoms with E-state index in [1.807, 2.05) is 30.3 Å². The molecule has 7 nitrogen and oxygen atoms in total. The first-order valence-corrected chi connectivity index (χ1v) is 11.1. The van der Waals surface area contributed by atoms with Gasteiger partial charge in [0.05, 0.1) is 30.7 Å². The minimum absolute atomic E-state index is 0.0710. The number of hydrogen-bond acceptors (Lipinski definition) is 6. The number of para-hydroxylation sites is 1. The number of carbonyl (C=O) groups is 2. The van der Waals surface area contributed by atoms with Gasteiger partial charge < -0.3 is 19.0 Å². The van der Waals surface area contributed by atoms with E-state index in [-0.39, 0.29) is 11.4 Å². The molecule has 0 radical (unpaired) electrons.